The van der Waals surface area contributed by atoms with E-state index in [0.717, 1.165) is 12.8 Å². The molecule has 124 valence electrons. The molecule has 4 heteroatoms. The van der Waals surface area contributed by atoms with Crippen LogP contribution in [0.15, 0.2) is 12.7 Å². The molecular weight excluding hydrogens is 276 g/mol. The third-order valence-corrected chi connectivity index (χ3v) is 5.16. The van der Waals surface area contributed by atoms with E-state index < -0.39 is 0 Å². The van der Waals surface area contributed by atoms with Gasteiger partial charge in [0.05, 0.1) is 0 Å². The van der Waals surface area contributed by atoms with Crippen LogP contribution >= 0.6 is 0 Å². The number of nitrogens with one attached hydrogen (secondary N) is 1. The number of likely N-dealkylation sites (tertiary alicyclic amines) is 1. The van der Waals surface area contributed by atoms with Crippen molar-refractivity contribution in [3.8, 4) is 0 Å². The van der Waals surface area contributed by atoms with E-state index in [2.05, 4.69) is 18.8 Å². The van der Waals surface area contributed by atoms with E-state index in [1.807, 2.05) is 0 Å². The minimum Gasteiger partial charge on any atom is -0.352 e. The first-order valence-corrected chi connectivity index (χ1v) is 8.84. The van der Waals surface area contributed by atoms with Gasteiger partial charge in [-0.05, 0) is 44.9 Å². The van der Waals surface area contributed by atoms with E-state index in [1.54, 1.807) is 11.0 Å². The van der Waals surface area contributed by atoms with Crippen LogP contribution in [0.5, 0.6) is 0 Å². The lowest BCUT2D eigenvalue weighted by atomic mass is 9.84. The van der Waals surface area contributed by atoms with Crippen LogP contribution < -0.4 is 5.32 Å². The van der Waals surface area contributed by atoms with Crippen molar-refractivity contribution in [2.45, 2.75) is 76.8 Å². The van der Waals surface area contributed by atoms with Gasteiger partial charge in [0, 0.05) is 19.0 Å². The molecular formula is C18H30N2O2. The Hall–Kier alpha value is -1.32. The summed E-state index contributed by atoms with van der Waals surface area (Å²) in [5, 5.41) is 3.18. The highest BCUT2D eigenvalue weighted by Crippen LogP contribution is 2.27. The van der Waals surface area contributed by atoms with Crippen molar-refractivity contribution in [2.75, 3.05) is 6.54 Å². The standard InChI is InChI=1S/C18H30N2O2/c1-3-4-12-17(21)20-13-8-11-16(20)18(22)19-14(2)15-9-6-5-7-10-15/h3,14-16H,1,4-13H2,2H3,(H,19,22). The van der Waals surface area contributed by atoms with E-state index in [4.69, 9.17) is 0 Å². The number of hydrogen-bond donors (Lipinski definition) is 1. The average Bonchev–Trinajstić information content (AvgIpc) is 3.03. The maximum Gasteiger partial charge on any atom is 0.243 e. The van der Waals surface area contributed by atoms with Crippen molar-refractivity contribution >= 4 is 11.8 Å². The van der Waals surface area contributed by atoms with Gasteiger partial charge in [-0.1, -0.05) is 25.3 Å². The van der Waals surface area contributed by atoms with Crippen LogP contribution in [0.4, 0.5) is 0 Å². The predicted molar refractivity (Wildman–Crippen MR) is 88.3 cm³/mol. The van der Waals surface area contributed by atoms with Crippen molar-refractivity contribution < 1.29 is 9.59 Å². The Bertz CT molecular complexity index is 402. The Labute approximate surface area is 134 Å². The zero-order valence-corrected chi connectivity index (χ0v) is 13.9. The summed E-state index contributed by atoms with van der Waals surface area (Å²) in [7, 11) is 0. The van der Waals surface area contributed by atoms with E-state index in [-0.39, 0.29) is 23.9 Å². The van der Waals surface area contributed by atoms with Crippen molar-refractivity contribution in [1.82, 2.24) is 10.2 Å². The topological polar surface area (TPSA) is 49.4 Å². The normalized spacial score (nSPS) is 24.0. The van der Waals surface area contributed by atoms with Crippen LogP contribution in [0, 0.1) is 5.92 Å². The number of nitrogens with zero attached hydrogens (tertiary/aromatic N) is 1. The second-order valence-corrected chi connectivity index (χ2v) is 6.77. The Kier molecular flexibility index (Phi) is 6.47. The minimum atomic E-state index is -0.261. The molecule has 2 rings (SSSR count). The number of rotatable bonds is 6. The smallest absolute Gasteiger partial charge is 0.243 e. The Balaban J connectivity index is 1.87. The lowest BCUT2D eigenvalue weighted by molar-refractivity contribution is -0.138. The summed E-state index contributed by atoms with van der Waals surface area (Å²) in [6.07, 6.45) is 10.9. The van der Waals surface area contributed by atoms with E-state index >= 15 is 0 Å². The highest BCUT2D eigenvalue weighted by atomic mass is 16.2. The highest BCUT2D eigenvalue weighted by molar-refractivity contribution is 5.88. The van der Waals surface area contributed by atoms with Crippen LogP contribution in [0.3, 0.4) is 0 Å². The summed E-state index contributed by atoms with van der Waals surface area (Å²) in [4.78, 5) is 26.5. The van der Waals surface area contributed by atoms with Crippen molar-refractivity contribution in [3.05, 3.63) is 12.7 Å². The van der Waals surface area contributed by atoms with Crippen molar-refractivity contribution in [3.63, 3.8) is 0 Å². The lowest BCUT2D eigenvalue weighted by Crippen LogP contribution is -2.49. The van der Waals surface area contributed by atoms with Crippen LogP contribution in [-0.4, -0.2) is 35.3 Å². The maximum absolute atomic E-state index is 12.6. The van der Waals surface area contributed by atoms with Gasteiger partial charge in [-0.15, -0.1) is 6.58 Å². The summed E-state index contributed by atoms with van der Waals surface area (Å²) < 4.78 is 0. The monoisotopic (exact) mass is 306 g/mol. The van der Waals surface area contributed by atoms with Crippen LogP contribution in [0.1, 0.15) is 64.7 Å². The molecule has 0 radical (unpaired) electrons. The van der Waals surface area contributed by atoms with Crippen LogP contribution in [0.2, 0.25) is 0 Å². The Morgan fingerprint density at radius 1 is 1.23 bits per heavy atom. The van der Waals surface area contributed by atoms with Crippen molar-refractivity contribution in [2.24, 2.45) is 5.92 Å². The van der Waals surface area contributed by atoms with E-state index in [1.165, 1.54) is 32.1 Å². The summed E-state index contributed by atoms with van der Waals surface area (Å²) in [6, 6.07) is -0.0399. The van der Waals surface area contributed by atoms with E-state index in [0.29, 0.717) is 25.3 Å². The number of carbonyl (C=O) groups is 2. The molecule has 22 heavy (non-hydrogen) atoms. The molecule has 1 aliphatic carbocycles. The molecule has 0 bridgehead atoms. The van der Waals surface area contributed by atoms with Gasteiger partial charge in [0.15, 0.2) is 0 Å². The number of carbonyl (C=O) groups excluding carboxylic acids is 2. The first-order valence-electron chi connectivity index (χ1n) is 8.84. The minimum absolute atomic E-state index is 0.0440. The van der Waals surface area contributed by atoms with Crippen LogP contribution in [-0.2, 0) is 9.59 Å². The first kappa shape index (κ1) is 17.0. The van der Waals surface area contributed by atoms with Gasteiger partial charge in [-0.2, -0.15) is 0 Å². The molecule has 2 atom stereocenters. The molecule has 0 aromatic heterocycles. The SMILES string of the molecule is C=CCCC(=O)N1CCCC1C(=O)NC(C)C1CCCCC1. The van der Waals surface area contributed by atoms with Crippen LogP contribution in [0.25, 0.3) is 0 Å². The fraction of sp³-hybridized carbons (Fsp3) is 0.778. The Morgan fingerprint density at radius 3 is 2.64 bits per heavy atom. The van der Waals surface area contributed by atoms with Gasteiger partial charge < -0.3 is 10.2 Å². The van der Waals surface area contributed by atoms with E-state index in [9.17, 15) is 9.59 Å². The van der Waals surface area contributed by atoms with Gasteiger partial charge in [0.1, 0.15) is 6.04 Å². The lowest BCUT2D eigenvalue weighted by Gasteiger charge is -2.31. The molecule has 0 aromatic rings. The van der Waals surface area contributed by atoms with Gasteiger partial charge in [0.25, 0.3) is 0 Å². The molecule has 1 heterocycles. The third-order valence-electron chi connectivity index (χ3n) is 5.16. The zero-order valence-electron chi connectivity index (χ0n) is 13.9. The summed E-state index contributed by atoms with van der Waals surface area (Å²) >= 11 is 0. The first-order chi connectivity index (χ1) is 10.6. The fourth-order valence-electron chi connectivity index (χ4n) is 3.78. The molecule has 0 aromatic carbocycles. The fourth-order valence-corrected chi connectivity index (χ4v) is 3.78. The predicted octanol–water partition coefficient (Wildman–Crippen LogP) is 3.03. The van der Waals surface area contributed by atoms with Gasteiger partial charge >= 0.3 is 0 Å². The molecule has 1 saturated heterocycles. The molecule has 0 spiro atoms. The summed E-state index contributed by atoms with van der Waals surface area (Å²) in [5.41, 5.74) is 0. The van der Waals surface area contributed by atoms with Gasteiger partial charge in [-0.25, -0.2) is 0 Å². The molecule has 2 amide bonds. The van der Waals surface area contributed by atoms with Gasteiger partial charge in [0.2, 0.25) is 11.8 Å². The molecule has 2 unspecified atom stereocenters. The van der Waals surface area contributed by atoms with Gasteiger partial charge in [-0.3, -0.25) is 9.59 Å². The summed E-state index contributed by atoms with van der Waals surface area (Å²) in [5.74, 6) is 0.731. The number of amides is 2. The highest BCUT2D eigenvalue weighted by Gasteiger charge is 2.34. The maximum atomic E-state index is 12.6. The van der Waals surface area contributed by atoms with Crippen molar-refractivity contribution in [1.29, 1.82) is 0 Å². The second-order valence-electron chi connectivity index (χ2n) is 6.77. The second kappa shape index (κ2) is 8.35. The summed E-state index contributed by atoms with van der Waals surface area (Å²) in [6.45, 7) is 6.49. The molecule has 1 N–H and O–H groups in total. The molecule has 2 fully saturated rings. The molecule has 1 saturated carbocycles. The third kappa shape index (κ3) is 4.34. The molecule has 2 aliphatic rings. The number of hydrogen-bond acceptors (Lipinski definition) is 2. The average molecular weight is 306 g/mol. The Morgan fingerprint density at radius 2 is 1.95 bits per heavy atom. The quantitative estimate of drug-likeness (QED) is 0.767. The molecule has 4 nitrogen and oxygen atoms in total. The zero-order chi connectivity index (χ0) is 15.9. The number of allylic oxidation sites excluding steroid dienone is 1. The largest absolute Gasteiger partial charge is 0.352 e. The molecule has 1 aliphatic heterocycles.